The van der Waals surface area contributed by atoms with Crippen LogP contribution in [0.5, 0.6) is 0 Å². The van der Waals surface area contributed by atoms with Crippen LogP contribution in [-0.4, -0.2) is 30.3 Å². The first-order chi connectivity index (χ1) is 12.2. The summed E-state index contributed by atoms with van der Waals surface area (Å²) in [6, 6.07) is 8.99. The molecule has 0 atom stereocenters. The third-order valence-corrected chi connectivity index (χ3v) is 5.84. The molecule has 0 aromatic heterocycles. The fourth-order valence-electron chi connectivity index (χ4n) is 4.17. The van der Waals surface area contributed by atoms with Crippen LogP contribution in [0.3, 0.4) is 0 Å². The van der Waals surface area contributed by atoms with Crippen molar-refractivity contribution in [1.29, 1.82) is 0 Å². The lowest BCUT2D eigenvalue weighted by molar-refractivity contribution is -0.137. The van der Waals surface area contributed by atoms with Crippen LogP contribution in [0.15, 0.2) is 24.3 Å². The van der Waals surface area contributed by atoms with E-state index in [4.69, 9.17) is 9.84 Å². The lowest BCUT2D eigenvalue weighted by Crippen LogP contribution is -2.26. The SMILES string of the molecule is Cl.O=C(O)CC[C@H]1CC[C@H](OCc2ccc(C3CCNCC3)cc2)CC1. The number of hydrogen-bond acceptors (Lipinski definition) is 3. The summed E-state index contributed by atoms with van der Waals surface area (Å²) in [5, 5.41) is 12.2. The summed E-state index contributed by atoms with van der Waals surface area (Å²) in [6.07, 6.45) is 8.28. The first-order valence-electron chi connectivity index (χ1n) is 9.83. The molecule has 0 radical (unpaired) electrons. The number of halogens is 1. The van der Waals surface area contributed by atoms with Gasteiger partial charge in [-0.15, -0.1) is 12.4 Å². The third kappa shape index (κ3) is 6.57. The number of carbonyl (C=O) groups is 1. The first-order valence-corrected chi connectivity index (χ1v) is 9.83. The molecular weight excluding hydrogens is 350 g/mol. The van der Waals surface area contributed by atoms with Crippen LogP contribution in [0.2, 0.25) is 0 Å². The van der Waals surface area contributed by atoms with E-state index in [1.807, 2.05) is 0 Å². The maximum Gasteiger partial charge on any atom is 0.303 e. The van der Waals surface area contributed by atoms with E-state index in [1.165, 1.54) is 24.0 Å². The Kier molecular flexibility index (Phi) is 8.89. The first kappa shape index (κ1) is 21.2. The minimum absolute atomic E-state index is 0. The van der Waals surface area contributed by atoms with Crippen LogP contribution in [0, 0.1) is 5.92 Å². The average Bonchev–Trinajstić information content (AvgIpc) is 2.66. The standard InChI is InChI=1S/C21H31NO3.ClH/c23-21(24)10-5-16-3-8-20(9-4-16)25-15-17-1-6-18(7-2-17)19-11-13-22-14-12-19;/h1-2,6-7,16,19-20,22H,3-5,8-15H2,(H,23,24);1H/t16-,20-;. The zero-order valence-corrected chi connectivity index (χ0v) is 16.3. The van der Waals surface area contributed by atoms with Gasteiger partial charge in [0.15, 0.2) is 0 Å². The molecule has 1 saturated carbocycles. The highest BCUT2D eigenvalue weighted by atomic mass is 35.5. The Morgan fingerprint density at radius 2 is 1.69 bits per heavy atom. The maximum atomic E-state index is 10.7. The van der Waals surface area contributed by atoms with Gasteiger partial charge in [-0.25, -0.2) is 0 Å². The highest BCUT2D eigenvalue weighted by Crippen LogP contribution is 2.30. The fourth-order valence-corrected chi connectivity index (χ4v) is 4.17. The van der Waals surface area contributed by atoms with Crippen molar-refractivity contribution in [3.05, 3.63) is 35.4 Å². The van der Waals surface area contributed by atoms with E-state index in [2.05, 4.69) is 29.6 Å². The number of aliphatic carboxylic acids is 1. The zero-order chi connectivity index (χ0) is 17.5. The van der Waals surface area contributed by atoms with Gasteiger partial charge in [-0.3, -0.25) is 4.79 Å². The molecule has 0 bridgehead atoms. The molecule has 146 valence electrons. The highest BCUT2D eigenvalue weighted by molar-refractivity contribution is 5.85. The molecule has 1 aromatic rings. The number of hydrogen-bond donors (Lipinski definition) is 2. The second-order valence-electron chi connectivity index (χ2n) is 7.65. The van der Waals surface area contributed by atoms with E-state index >= 15 is 0 Å². The molecule has 1 heterocycles. The van der Waals surface area contributed by atoms with Gasteiger partial charge in [-0.05, 0) is 81.0 Å². The molecule has 2 N–H and O–H groups in total. The predicted octanol–water partition coefficient (Wildman–Crippen LogP) is 4.52. The van der Waals surface area contributed by atoms with Gasteiger partial charge in [0.2, 0.25) is 0 Å². The molecule has 2 fully saturated rings. The quantitative estimate of drug-likeness (QED) is 0.729. The Bertz CT molecular complexity index is 535. The van der Waals surface area contributed by atoms with Crippen molar-refractivity contribution in [2.45, 2.75) is 70.0 Å². The van der Waals surface area contributed by atoms with E-state index in [1.54, 1.807) is 0 Å². The Morgan fingerprint density at radius 1 is 1.04 bits per heavy atom. The summed E-state index contributed by atoms with van der Waals surface area (Å²) in [5.74, 6) is 0.601. The van der Waals surface area contributed by atoms with E-state index in [9.17, 15) is 4.79 Å². The van der Waals surface area contributed by atoms with Crippen molar-refractivity contribution >= 4 is 18.4 Å². The fraction of sp³-hybridized carbons (Fsp3) is 0.667. The number of benzene rings is 1. The van der Waals surface area contributed by atoms with Crippen LogP contribution in [0.1, 0.15) is 68.4 Å². The Balaban J connectivity index is 0.00000243. The highest BCUT2D eigenvalue weighted by Gasteiger charge is 2.22. The van der Waals surface area contributed by atoms with Gasteiger partial charge in [0.25, 0.3) is 0 Å². The van der Waals surface area contributed by atoms with Crippen molar-refractivity contribution in [1.82, 2.24) is 5.32 Å². The molecule has 0 amide bonds. The van der Waals surface area contributed by atoms with Gasteiger partial charge in [-0.1, -0.05) is 24.3 Å². The molecule has 26 heavy (non-hydrogen) atoms. The van der Waals surface area contributed by atoms with Crippen molar-refractivity contribution in [3.8, 4) is 0 Å². The Morgan fingerprint density at radius 3 is 2.31 bits per heavy atom. The van der Waals surface area contributed by atoms with Crippen molar-refractivity contribution in [2.24, 2.45) is 5.92 Å². The summed E-state index contributed by atoms with van der Waals surface area (Å²) in [7, 11) is 0. The normalized spacial score (nSPS) is 24.0. The number of nitrogens with one attached hydrogen (secondary N) is 1. The molecule has 0 spiro atoms. The van der Waals surface area contributed by atoms with E-state index in [0.717, 1.165) is 45.2 Å². The molecule has 1 aliphatic heterocycles. The molecule has 2 aliphatic rings. The largest absolute Gasteiger partial charge is 0.481 e. The minimum atomic E-state index is -0.675. The lowest BCUT2D eigenvalue weighted by Gasteiger charge is -2.28. The molecule has 4 nitrogen and oxygen atoms in total. The third-order valence-electron chi connectivity index (χ3n) is 5.84. The monoisotopic (exact) mass is 381 g/mol. The van der Waals surface area contributed by atoms with E-state index < -0.39 is 5.97 Å². The predicted molar refractivity (Wildman–Crippen MR) is 106 cm³/mol. The van der Waals surface area contributed by atoms with Gasteiger partial charge in [0.1, 0.15) is 0 Å². The lowest BCUT2D eigenvalue weighted by atomic mass is 9.84. The number of ether oxygens (including phenoxy) is 1. The summed E-state index contributed by atoms with van der Waals surface area (Å²) < 4.78 is 6.10. The topological polar surface area (TPSA) is 58.6 Å². The zero-order valence-electron chi connectivity index (χ0n) is 15.5. The Labute approximate surface area is 163 Å². The number of carboxylic acids is 1. The number of piperidine rings is 1. The van der Waals surface area contributed by atoms with Gasteiger partial charge in [-0.2, -0.15) is 0 Å². The minimum Gasteiger partial charge on any atom is -0.481 e. The van der Waals surface area contributed by atoms with Crippen molar-refractivity contribution < 1.29 is 14.6 Å². The van der Waals surface area contributed by atoms with Crippen LogP contribution in [0.4, 0.5) is 0 Å². The molecule has 3 rings (SSSR count). The van der Waals surface area contributed by atoms with Crippen molar-refractivity contribution in [2.75, 3.05) is 13.1 Å². The van der Waals surface area contributed by atoms with Gasteiger partial charge in [0, 0.05) is 6.42 Å². The second kappa shape index (κ2) is 10.9. The van der Waals surface area contributed by atoms with Gasteiger partial charge < -0.3 is 15.2 Å². The van der Waals surface area contributed by atoms with Gasteiger partial charge >= 0.3 is 5.97 Å². The summed E-state index contributed by atoms with van der Waals surface area (Å²) in [4.78, 5) is 10.7. The van der Waals surface area contributed by atoms with E-state index in [-0.39, 0.29) is 12.4 Å². The smallest absolute Gasteiger partial charge is 0.303 e. The summed E-state index contributed by atoms with van der Waals surface area (Å²) >= 11 is 0. The number of carboxylic acid groups (broad SMARTS) is 1. The molecule has 1 aromatic carbocycles. The van der Waals surface area contributed by atoms with Crippen molar-refractivity contribution in [3.63, 3.8) is 0 Å². The van der Waals surface area contributed by atoms with Crippen LogP contribution in [-0.2, 0) is 16.1 Å². The molecule has 1 aliphatic carbocycles. The van der Waals surface area contributed by atoms with E-state index in [0.29, 0.717) is 31.0 Å². The molecular formula is C21H32ClNO3. The molecule has 5 heteroatoms. The molecule has 1 saturated heterocycles. The average molecular weight is 382 g/mol. The van der Waals surface area contributed by atoms with Crippen LogP contribution in [0.25, 0.3) is 0 Å². The maximum absolute atomic E-state index is 10.7. The molecule has 0 unspecified atom stereocenters. The number of rotatable bonds is 7. The Hall–Kier alpha value is -1.10. The summed E-state index contributed by atoms with van der Waals surface area (Å²) in [5.41, 5.74) is 2.72. The van der Waals surface area contributed by atoms with Gasteiger partial charge in [0.05, 0.1) is 12.7 Å². The second-order valence-corrected chi connectivity index (χ2v) is 7.65. The van der Waals surface area contributed by atoms with Crippen LogP contribution < -0.4 is 5.32 Å². The van der Waals surface area contributed by atoms with Crippen LogP contribution >= 0.6 is 12.4 Å². The summed E-state index contributed by atoms with van der Waals surface area (Å²) in [6.45, 7) is 2.95.